The zero-order valence-electron chi connectivity index (χ0n) is 68.7. The Bertz CT molecular complexity index is 5000. The van der Waals surface area contributed by atoms with Gasteiger partial charge in [-0.05, 0) is 163 Å². The van der Waals surface area contributed by atoms with E-state index in [1.807, 2.05) is 74.6 Å². The lowest BCUT2D eigenvalue weighted by molar-refractivity contribution is 0.0129. The summed E-state index contributed by atoms with van der Waals surface area (Å²) in [4.78, 5) is 9.43. The lowest BCUT2D eigenvalue weighted by atomic mass is 9.85. The van der Waals surface area contributed by atoms with Gasteiger partial charge in [0.2, 0.25) is 20.0 Å². The Kier molecular flexibility index (Phi) is 36.0. The van der Waals surface area contributed by atoms with E-state index in [-0.39, 0.29) is 64.6 Å². The van der Waals surface area contributed by atoms with Crippen LogP contribution < -0.4 is 9.44 Å². The largest absolute Gasteiger partial charge is 0.379 e. The molecule has 121 heavy (non-hydrogen) atoms. The Hall–Kier alpha value is -6.15. The van der Waals surface area contributed by atoms with Crippen LogP contribution in [0.15, 0.2) is 142 Å². The summed E-state index contributed by atoms with van der Waals surface area (Å²) < 4.78 is 126. The summed E-state index contributed by atoms with van der Waals surface area (Å²) in [5.41, 5.74) is 11.2. The van der Waals surface area contributed by atoms with Gasteiger partial charge in [-0.1, -0.05) is 167 Å². The number of benzene rings is 6. The van der Waals surface area contributed by atoms with Gasteiger partial charge in [0, 0.05) is 145 Å². The van der Waals surface area contributed by atoms with Crippen LogP contribution in [0.4, 0.5) is 0 Å². The van der Waals surface area contributed by atoms with Crippen LogP contribution in [-0.4, -0.2) is 229 Å². The van der Waals surface area contributed by atoms with E-state index in [1.54, 1.807) is 88.4 Å². The molecule has 3 aliphatic rings. The molecule has 0 saturated carbocycles. The molecule has 36 heteroatoms. The lowest BCUT2D eigenvalue weighted by Gasteiger charge is -2.33. The minimum absolute atomic E-state index is 0.0509. The van der Waals surface area contributed by atoms with Crippen LogP contribution in [0, 0.1) is 0 Å². The predicted octanol–water partition coefficient (Wildman–Crippen LogP) is 13.7. The van der Waals surface area contributed by atoms with Crippen LogP contribution in [0.3, 0.4) is 0 Å². The maximum atomic E-state index is 13.5. The third-order valence-corrected chi connectivity index (χ3v) is 28.1. The summed E-state index contributed by atoms with van der Waals surface area (Å²) in [5, 5.41) is 30.2. The van der Waals surface area contributed by atoms with Crippen molar-refractivity contribution in [1.29, 1.82) is 0 Å². The zero-order chi connectivity index (χ0) is 85.3. The number of aromatic nitrogens is 9. The second-order valence-corrected chi connectivity index (χ2v) is 39.4. The van der Waals surface area contributed by atoms with Crippen LogP contribution in [0.2, 0.25) is 30.1 Å². The summed E-state index contributed by atoms with van der Waals surface area (Å²) in [6.45, 7) is 11.5. The van der Waals surface area contributed by atoms with Gasteiger partial charge in [0.25, 0.3) is 0 Å². The summed E-state index contributed by atoms with van der Waals surface area (Å²) in [7, 11) is -5.03. The molecule has 0 amide bonds. The molecular formula is C85H109Cl6N15O12S3. The van der Waals surface area contributed by atoms with Gasteiger partial charge in [-0.3, -0.25) is 4.90 Å². The van der Waals surface area contributed by atoms with E-state index in [9.17, 15) is 25.3 Å². The van der Waals surface area contributed by atoms with Crippen molar-refractivity contribution in [2.24, 2.45) is 0 Å². The number of sulfone groups is 1. The topological polar surface area (TPSA) is 287 Å². The first-order chi connectivity index (χ1) is 58.4. The third-order valence-electron chi connectivity index (χ3n) is 21.8. The first-order valence-electron chi connectivity index (χ1n) is 41.3. The van der Waals surface area contributed by atoms with E-state index in [1.165, 1.54) is 0 Å². The van der Waals surface area contributed by atoms with Gasteiger partial charge in [-0.15, -0.1) is 15.3 Å². The highest BCUT2D eigenvalue weighted by Crippen LogP contribution is 2.43. The molecule has 12 rings (SSSR count). The molecule has 0 spiro atoms. The quantitative estimate of drug-likeness (QED) is 0.0335. The molecule has 3 atom stereocenters. The summed E-state index contributed by atoms with van der Waals surface area (Å²) in [6.07, 6.45) is 15.1. The first kappa shape index (κ1) is 94.0. The number of hydrogen-bond acceptors (Lipinski definition) is 22. The molecule has 27 nitrogen and oxygen atoms in total. The van der Waals surface area contributed by atoms with Gasteiger partial charge < -0.3 is 43.1 Å². The highest BCUT2D eigenvalue weighted by Gasteiger charge is 2.33. The number of hydrogen-bond donors (Lipinski definition) is 2. The second-order valence-electron chi connectivity index (χ2n) is 31.2. The van der Waals surface area contributed by atoms with E-state index in [0.717, 1.165) is 131 Å². The number of sulfonamides is 2. The van der Waals surface area contributed by atoms with Crippen LogP contribution >= 0.6 is 69.6 Å². The molecule has 0 bridgehead atoms. The van der Waals surface area contributed by atoms with Crippen molar-refractivity contribution in [3.8, 4) is 0 Å². The van der Waals surface area contributed by atoms with Crippen LogP contribution in [0.25, 0.3) is 0 Å². The highest BCUT2D eigenvalue weighted by molar-refractivity contribution is 7.91. The Labute approximate surface area is 741 Å². The maximum absolute atomic E-state index is 13.5. The summed E-state index contributed by atoms with van der Waals surface area (Å²) >= 11 is 39.1. The van der Waals surface area contributed by atoms with Crippen molar-refractivity contribution in [3.63, 3.8) is 0 Å². The Morgan fingerprint density at radius 3 is 1.26 bits per heavy atom. The average molecular weight is 1840 g/mol. The smallest absolute Gasteiger partial charge is 0.240 e. The number of aryl methyl sites for hydroxylation is 1. The van der Waals surface area contributed by atoms with Crippen LogP contribution in [0.1, 0.15) is 149 Å². The van der Waals surface area contributed by atoms with Crippen molar-refractivity contribution in [2.45, 2.75) is 156 Å². The number of nitrogens with zero attached hydrogens (tertiary/aromatic N) is 13. The number of rotatable bonds is 51. The minimum atomic E-state index is -3.82. The highest BCUT2D eigenvalue weighted by atomic mass is 35.5. The monoisotopic (exact) mass is 1840 g/mol. The second kappa shape index (κ2) is 46.4. The lowest BCUT2D eigenvalue weighted by Crippen LogP contribution is -2.31. The van der Waals surface area contributed by atoms with Gasteiger partial charge in [0.05, 0.1) is 129 Å². The van der Waals surface area contributed by atoms with Gasteiger partial charge in [-0.2, -0.15) is 0 Å². The molecule has 6 aromatic carbocycles. The molecule has 3 aliphatic heterocycles. The van der Waals surface area contributed by atoms with Crippen molar-refractivity contribution >= 4 is 99.5 Å². The molecule has 6 heterocycles. The van der Waals surface area contributed by atoms with Gasteiger partial charge in [0.1, 0.15) is 0 Å². The molecular weight excluding hydrogens is 1730 g/mol. The molecule has 656 valence electrons. The number of nitrogens with one attached hydrogen (secondary N) is 2. The van der Waals surface area contributed by atoms with Crippen molar-refractivity contribution in [2.75, 3.05) is 139 Å². The van der Waals surface area contributed by atoms with Crippen molar-refractivity contribution < 1.29 is 53.7 Å². The number of ether oxygens (including phenoxy) is 6. The number of likely N-dealkylation sites (N-methyl/N-ethyl adjacent to an activating group) is 3. The van der Waals surface area contributed by atoms with Crippen molar-refractivity contribution in [3.05, 3.63) is 225 Å². The van der Waals surface area contributed by atoms with Gasteiger partial charge >= 0.3 is 0 Å². The normalized spacial score (nSPS) is 16.2. The standard InChI is InChI=1S/C85H109Cl6N15O12S3/c1-100-56-77(74-44-65(86)47-83(89)80(74)59-100)62-17-13-20-71(41-62)119(107,108)40-16-28-113-32-36-117-38-34-115-30-26-104-53-68(95-98-104)51-103(52-69-54-105(99-96-69)27-31-116-35-39-118-37-33-114-29-24-94-121(111,112)73-22-15-19-64(43-73)79-58-102(3)61-82-76(79)46-67(88)49-85(82)91)55-70-50-92-97-106(70)25-12-10-8-6-4-5-7-9-11-23-93-120(109,110)72-21-14-18-63(42-72)78-57-101(2)60-81-75(78)45-66(87)48-84(81)90/h13-15,17-22,41-50,53-54,77-79,93-94H,4-12,16,23-40,51-52,55-61H2,1-3H3/t77-,78-,79-/m0/s1. The molecule has 0 aliphatic carbocycles. The average Bonchev–Trinajstić information content (AvgIpc) is 1.37. The zero-order valence-corrected chi connectivity index (χ0v) is 75.7. The van der Waals surface area contributed by atoms with E-state index >= 15 is 0 Å². The molecule has 2 N–H and O–H groups in total. The van der Waals surface area contributed by atoms with E-state index in [2.05, 4.69) is 60.0 Å². The Morgan fingerprint density at radius 2 is 0.802 bits per heavy atom. The molecule has 0 unspecified atom stereocenters. The SMILES string of the molecule is CN1Cc2c(Cl)cc(Cl)cc2[C@H](c2cccc(S(=O)(=O)CCCOCCOCCOCCn3cc(CN(Cc4cn(CCOCCOCCOCCNS(=O)(=O)c5cccc([C@@H]6CN(C)Cc7c(Cl)cc(Cl)cc76)c5)nn4)Cc4cnnn4CCCCCCCCCCCNS(=O)(=O)c4cccc([C@@H]5CN(C)Cc6c(Cl)cc(Cl)cc65)c4)nn3)c2)C1. The molecule has 0 fully saturated rings. The fourth-order valence-electron chi connectivity index (χ4n) is 15.7. The summed E-state index contributed by atoms with van der Waals surface area (Å²) in [5.74, 6) is -0.296. The Balaban J connectivity index is 0.538. The molecule has 3 aromatic heterocycles. The fourth-order valence-corrected chi connectivity index (χ4v) is 21.0. The van der Waals surface area contributed by atoms with E-state index in [0.29, 0.717) is 175 Å². The molecule has 0 saturated heterocycles. The number of fused-ring (bicyclic) bond motifs is 3. The molecule has 0 radical (unpaired) electrons. The minimum Gasteiger partial charge on any atom is -0.379 e. The third kappa shape index (κ3) is 27.9. The van der Waals surface area contributed by atoms with Gasteiger partial charge in [0.15, 0.2) is 9.84 Å². The summed E-state index contributed by atoms with van der Waals surface area (Å²) in [6, 6.07) is 32.4. The van der Waals surface area contributed by atoms with E-state index in [4.69, 9.17) is 98.0 Å². The molecule has 9 aromatic rings. The number of unbranched alkanes of at least 4 members (excludes halogenated alkanes) is 8. The van der Waals surface area contributed by atoms with Crippen LogP contribution in [0.5, 0.6) is 0 Å². The Morgan fingerprint density at radius 1 is 0.413 bits per heavy atom. The van der Waals surface area contributed by atoms with Crippen LogP contribution in [-0.2, 0) is 117 Å². The van der Waals surface area contributed by atoms with E-state index < -0.39 is 29.9 Å². The van der Waals surface area contributed by atoms with Crippen molar-refractivity contribution in [1.82, 2.24) is 74.0 Å². The first-order valence-corrected chi connectivity index (χ1v) is 48.2. The fraction of sp³-hybridized carbons (Fsp3) is 0.506. The predicted molar refractivity (Wildman–Crippen MR) is 470 cm³/mol. The number of halogens is 6. The maximum Gasteiger partial charge on any atom is 0.240 e. The van der Waals surface area contributed by atoms with Gasteiger partial charge in [-0.25, -0.2) is 48.7 Å².